The number of H-pyrrole nitrogens is 1. The fourth-order valence-corrected chi connectivity index (χ4v) is 2.57. The number of aromatic nitrogens is 3. The van der Waals surface area contributed by atoms with Gasteiger partial charge in [-0.05, 0) is 25.5 Å². The molecule has 0 saturated carbocycles. The number of carbonyl (C=O) groups excluding carboxylic acids is 1. The fraction of sp³-hybridized carbons (Fsp3) is 0.286. The average molecular weight is 358 g/mol. The van der Waals surface area contributed by atoms with E-state index in [4.69, 9.17) is 0 Å². The summed E-state index contributed by atoms with van der Waals surface area (Å²) < 4.78 is 39.7. The van der Waals surface area contributed by atoms with Gasteiger partial charge in [0.05, 0.1) is 10.9 Å². The molecule has 128 valence electrons. The maximum Gasteiger partial charge on any atom is 0.273 e. The first-order valence-corrected chi connectivity index (χ1v) is 7.76. The van der Waals surface area contributed by atoms with Crippen LogP contribution in [0.25, 0.3) is 0 Å². The lowest BCUT2D eigenvalue weighted by Crippen LogP contribution is -2.26. The molecule has 1 unspecified atom stereocenters. The lowest BCUT2D eigenvalue weighted by Gasteiger charge is -2.14. The van der Waals surface area contributed by atoms with Crippen LogP contribution in [0.3, 0.4) is 0 Å². The Morgan fingerprint density at radius 1 is 1.29 bits per heavy atom. The van der Waals surface area contributed by atoms with Crippen LogP contribution in [-0.4, -0.2) is 26.3 Å². The third-order valence-corrected chi connectivity index (χ3v) is 4.29. The Balaban J connectivity index is 2.15. The van der Waals surface area contributed by atoms with E-state index in [-0.39, 0.29) is 10.9 Å². The van der Waals surface area contributed by atoms with Gasteiger partial charge in [-0.2, -0.15) is 0 Å². The summed E-state index contributed by atoms with van der Waals surface area (Å²) in [5.74, 6) is -5.14. The van der Waals surface area contributed by atoms with E-state index in [2.05, 4.69) is 20.5 Å². The number of thioether (sulfide) groups is 1. The van der Waals surface area contributed by atoms with Gasteiger partial charge in [0.1, 0.15) is 5.69 Å². The Hall–Kier alpha value is -2.36. The lowest BCUT2D eigenvalue weighted by molar-refractivity contribution is -0.115. The largest absolute Gasteiger partial charge is 0.323 e. The fourth-order valence-electron chi connectivity index (χ4n) is 1.72. The number of benzene rings is 1. The van der Waals surface area contributed by atoms with E-state index in [1.807, 2.05) is 0 Å². The molecule has 1 amide bonds. The number of nitrogens with one attached hydrogen (secondary N) is 2. The van der Waals surface area contributed by atoms with Gasteiger partial charge in [0.2, 0.25) is 5.91 Å². The SMILES string of the molecule is CCC(Sc1nnc(C)c(=O)[nH]1)C(=O)Nc1ccc(F)c(F)c1F. The number of nitrogens with zero attached hydrogens (tertiary/aromatic N) is 2. The van der Waals surface area contributed by atoms with Crippen molar-refractivity contribution in [3.63, 3.8) is 0 Å². The Bertz CT molecular complexity index is 828. The second-order valence-corrected chi connectivity index (χ2v) is 5.96. The molecule has 2 rings (SSSR count). The topological polar surface area (TPSA) is 87.7 Å². The number of halogens is 3. The molecule has 0 spiro atoms. The standard InChI is InChI=1S/C14H13F3N4O2S/c1-3-9(24-14-19-12(22)6(2)20-21-14)13(23)18-8-5-4-7(15)10(16)11(8)17/h4-5,9H,3H2,1-2H3,(H,18,23)(H,19,21,22). The first kappa shape index (κ1) is 18.0. The third kappa shape index (κ3) is 3.94. The molecule has 0 bridgehead atoms. The second kappa shape index (κ2) is 7.47. The van der Waals surface area contributed by atoms with Crippen LogP contribution in [-0.2, 0) is 4.79 Å². The van der Waals surface area contributed by atoms with Crippen LogP contribution < -0.4 is 10.9 Å². The van der Waals surface area contributed by atoms with Crippen molar-refractivity contribution in [2.75, 3.05) is 5.32 Å². The Morgan fingerprint density at radius 3 is 2.62 bits per heavy atom. The minimum atomic E-state index is -1.66. The Kier molecular flexibility index (Phi) is 5.60. The maximum atomic E-state index is 13.6. The summed E-state index contributed by atoms with van der Waals surface area (Å²) in [6, 6.07) is 1.64. The predicted molar refractivity (Wildman–Crippen MR) is 82.3 cm³/mol. The van der Waals surface area contributed by atoms with Crippen LogP contribution in [0.5, 0.6) is 0 Å². The van der Waals surface area contributed by atoms with E-state index in [1.54, 1.807) is 6.92 Å². The summed E-state index contributed by atoms with van der Waals surface area (Å²) in [7, 11) is 0. The quantitative estimate of drug-likeness (QED) is 0.633. The highest BCUT2D eigenvalue weighted by molar-refractivity contribution is 8.00. The second-order valence-electron chi connectivity index (χ2n) is 4.77. The van der Waals surface area contributed by atoms with Crippen molar-refractivity contribution in [1.29, 1.82) is 0 Å². The number of amides is 1. The summed E-state index contributed by atoms with van der Waals surface area (Å²) in [5, 5.41) is 8.97. The highest BCUT2D eigenvalue weighted by atomic mass is 32.2. The Morgan fingerprint density at radius 2 is 2.00 bits per heavy atom. The van der Waals surface area contributed by atoms with Crippen LogP contribution in [0.2, 0.25) is 0 Å². The number of hydrogen-bond donors (Lipinski definition) is 2. The smallest absolute Gasteiger partial charge is 0.273 e. The zero-order valence-corrected chi connectivity index (χ0v) is 13.5. The van der Waals surface area contributed by atoms with Gasteiger partial charge >= 0.3 is 0 Å². The van der Waals surface area contributed by atoms with E-state index in [1.165, 1.54) is 6.92 Å². The molecule has 1 atom stereocenters. The van der Waals surface area contributed by atoms with Gasteiger partial charge < -0.3 is 5.32 Å². The number of anilines is 1. The molecule has 0 aliphatic rings. The van der Waals surface area contributed by atoms with Crippen molar-refractivity contribution in [2.24, 2.45) is 0 Å². The van der Waals surface area contributed by atoms with Gasteiger partial charge in [-0.3, -0.25) is 14.6 Å². The first-order valence-electron chi connectivity index (χ1n) is 6.88. The highest BCUT2D eigenvalue weighted by Crippen LogP contribution is 2.24. The molecule has 1 aromatic carbocycles. The number of aromatic amines is 1. The summed E-state index contributed by atoms with van der Waals surface area (Å²) in [6.45, 7) is 3.18. The van der Waals surface area contributed by atoms with E-state index in [0.717, 1.165) is 17.8 Å². The van der Waals surface area contributed by atoms with Crippen molar-refractivity contribution in [3.8, 4) is 0 Å². The van der Waals surface area contributed by atoms with Crippen molar-refractivity contribution >= 4 is 23.4 Å². The zero-order valence-electron chi connectivity index (χ0n) is 12.7. The average Bonchev–Trinajstić information content (AvgIpc) is 2.56. The van der Waals surface area contributed by atoms with Gasteiger partial charge in [-0.15, -0.1) is 10.2 Å². The molecule has 0 aliphatic carbocycles. The van der Waals surface area contributed by atoms with Crippen molar-refractivity contribution in [3.05, 3.63) is 45.6 Å². The summed E-state index contributed by atoms with van der Waals surface area (Å²) in [4.78, 5) is 26.1. The molecule has 1 aromatic heterocycles. The van der Waals surface area contributed by atoms with Gasteiger partial charge in [-0.1, -0.05) is 18.7 Å². The number of carbonyl (C=O) groups is 1. The highest BCUT2D eigenvalue weighted by Gasteiger charge is 2.22. The molecule has 2 aromatic rings. The van der Waals surface area contributed by atoms with E-state index in [9.17, 15) is 22.8 Å². The zero-order chi connectivity index (χ0) is 17.9. The molecule has 24 heavy (non-hydrogen) atoms. The lowest BCUT2D eigenvalue weighted by atomic mass is 10.2. The minimum absolute atomic E-state index is 0.123. The normalized spacial score (nSPS) is 12.0. The maximum absolute atomic E-state index is 13.6. The monoisotopic (exact) mass is 358 g/mol. The molecule has 0 radical (unpaired) electrons. The molecular formula is C14H13F3N4O2S. The van der Waals surface area contributed by atoms with Crippen molar-refractivity contribution in [2.45, 2.75) is 30.7 Å². The van der Waals surface area contributed by atoms with E-state index < -0.39 is 39.9 Å². The van der Waals surface area contributed by atoms with E-state index in [0.29, 0.717) is 12.5 Å². The molecule has 0 aliphatic heterocycles. The number of aryl methyl sites for hydroxylation is 1. The van der Waals surface area contributed by atoms with Crippen LogP contribution >= 0.6 is 11.8 Å². The number of hydrogen-bond acceptors (Lipinski definition) is 5. The first-order chi connectivity index (χ1) is 11.3. The molecular weight excluding hydrogens is 345 g/mol. The van der Waals surface area contributed by atoms with Crippen LogP contribution in [0.1, 0.15) is 19.0 Å². The molecule has 10 heteroatoms. The Labute approximate surface area is 138 Å². The van der Waals surface area contributed by atoms with Crippen LogP contribution in [0.4, 0.5) is 18.9 Å². The predicted octanol–water partition coefficient (Wildman–Crippen LogP) is 2.40. The van der Waals surface area contributed by atoms with Crippen LogP contribution in [0, 0.1) is 24.4 Å². The summed E-state index contributed by atoms with van der Waals surface area (Å²) >= 11 is 0.921. The molecule has 0 fully saturated rings. The van der Waals surface area contributed by atoms with Crippen molar-refractivity contribution in [1.82, 2.24) is 15.2 Å². The summed E-state index contributed by atoms with van der Waals surface area (Å²) in [6.07, 6.45) is 0.319. The molecule has 0 saturated heterocycles. The van der Waals surface area contributed by atoms with Gasteiger partial charge in [0.25, 0.3) is 5.56 Å². The third-order valence-electron chi connectivity index (χ3n) is 3.05. The van der Waals surface area contributed by atoms with Gasteiger partial charge in [0, 0.05) is 0 Å². The van der Waals surface area contributed by atoms with Gasteiger partial charge in [-0.25, -0.2) is 13.2 Å². The minimum Gasteiger partial charge on any atom is -0.323 e. The number of rotatable bonds is 5. The van der Waals surface area contributed by atoms with E-state index >= 15 is 0 Å². The summed E-state index contributed by atoms with van der Waals surface area (Å²) in [5.41, 5.74) is -0.725. The molecule has 1 heterocycles. The molecule has 6 nitrogen and oxygen atoms in total. The van der Waals surface area contributed by atoms with Gasteiger partial charge in [0.15, 0.2) is 22.6 Å². The molecule has 2 N–H and O–H groups in total. The van der Waals surface area contributed by atoms with Crippen LogP contribution in [0.15, 0.2) is 22.1 Å². The van der Waals surface area contributed by atoms with Crippen molar-refractivity contribution < 1.29 is 18.0 Å².